The molecule has 1 aliphatic carbocycles. The van der Waals surface area contributed by atoms with Crippen LogP contribution in [0.1, 0.15) is 31.4 Å². The van der Waals surface area contributed by atoms with Gasteiger partial charge in [-0.15, -0.1) is 6.58 Å². The summed E-state index contributed by atoms with van der Waals surface area (Å²) in [5.41, 5.74) is 0.899. The molecule has 1 atom stereocenters. The van der Waals surface area contributed by atoms with Crippen molar-refractivity contribution in [2.45, 2.75) is 31.9 Å². The molecule has 0 bridgehead atoms. The highest BCUT2D eigenvalue weighted by atomic mass is 16.3. The van der Waals surface area contributed by atoms with Crippen LogP contribution in [0.2, 0.25) is 0 Å². The van der Waals surface area contributed by atoms with Gasteiger partial charge in [-0.25, -0.2) is 4.98 Å². The number of nitrogens with zero attached hydrogens (tertiary/aromatic N) is 2. The zero-order valence-corrected chi connectivity index (χ0v) is 9.63. The van der Waals surface area contributed by atoms with E-state index < -0.39 is 6.10 Å². The number of pyridine rings is 1. The van der Waals surface area contributed by atoms with Crippen molar-refractivity contribution in [3.8, 4) is 0 Å². The van der Waals surface area contributed by atoms with Crippen LogP contribution < -0.4 is 4.90 Å². The van der Waals surface area contributed by atoms with Crippen molar-refractivity contribution < 1.29 is 5.11 Å². The molecule has 0 aliphatic heterocycles. The first-order valence-corrected chi connectivity index (χ1v) is 5.74. The summed E-state index contributed by atoms with van der Waals surface area (Å²) in [5, 5.41) is 9.73. The molecule has 1 aliphatic rings. The van der Waals surface area contributed by atoms with Crippen molar-refractivity contribution in [1.82, 2.24) is 4.98 Å². The topological polar surface area (TPSA) is 36.4 Å². The van der Waals surface area contributed by atoms with E-state index in [0.717, 1.165) is 17.9 Å². The van der Waals surface area contributed by atoms with Crippen LogP contribution in [0.15, 0.2) is 31.0 Å². The van der Waals surface area contributed by atoms with Gasteiger partial charge in [0.25, 0.3) is 0 Å². The van der Waals surface area contributed by atoms with Gasteiger partial charge in [0.15, 0.2) is 0 Å². The van der Waals surface area contributed by atoms with Crippen LogP contribution in [-0.4, -0.2) is 22.7 Å². The fourth-order valence-corrected chi connectivity index (χ4v) is 1.91. The molecule has 0 saturated heterocycles. The molecule has 86 valence electrons. The first-order valence-electron chi connectivity index (χ1n) is 5.74. The van der Waals surface area contributed by atoms with Gasteiger partial charge in [-0.1, -0.05) is 12.1 Å². The Labute approximate surface area is 96.4 Å². The monoisotopic (exact) mass is 218 g/mol. The lowest BCUT2D eigenvalue weighted by Crippen LogP contribution is -2.28. The average Bonchev–Trinajstić information content (AvgIpc) is 3.10. The van der Waals surface area contributed by atoms with Crippen LogP contribution >= 0.6 is 0 Å². The lowest BCUT2D eigenvalue weighted by atomic mass is 10.1. The van der Waals surface area contributed by atoms with Gasteiger partial charge in [0, 0.05) is 24.3 Å². The third-order valence-corrected chi connectivity index (χ3v) is 2.85. The third-order valence-electron chi connectivity index (χ3n) is 2.85. The lowest BCUT2D eigenvalue weighted by molar-refractivity contribution is 0.199. The van der Waals surface area contributed by atoms with E-state index >= 15 is 0 Å². The van der Waals surface area contributed by atoms with Crippen LogP contribution in [-0.2, 0) is 0 Å². The molecule has 1 aromatic heterocycles. The Bertz CT molecular complexity index is 372. The fourth-order valence-electron chi connectivity index (χ4n) is 1.91. The minimum atomic E-state index is -0.477. The molecule has 3 heteroatoms. The zero-order chi connectivity index (χ0) is 11.5. The number of hydrogen-bond acceptors (Lipinski definition) is 3. The molecule has 1 N–H and O–H groups in total. The Morgan fingerprint density at radius 2 is 2.44 bits per heavy atom. The number of hydrogen-bond donors (Lipinski definition) is 1. The summed E-state index contributed by atoms with van der Waals surface area (Å²) < 4.78 is 0. The van der Waals surface area contributed by atoms with E-state index in [-0.39, 0.29) is 0 Å². The van der Waals surface area contributed by atoms with Crippen molar-refractivity contribution in [1.29, 1.82) is 0 Å². The summed E-state index contributed by atoms with van der Waals surface area (Å²) in [4.78, 5) is 6.63. The third kappa shape index (κ3) is 2.25. The maximum Gasteiger partial charge on any atom is 0.134 e. The van der Waals surface area contributed by atoms with Gasteiger partial charge in [-0.2, -0.15) is 0 Å². The fraction of sp³-hybridized carbons (Fsp3) is 0.462. The first-order chi connectivity index (χ1) is 7.74. The zero-order valence-electron chi connectivity index (χ0n) is 9.63. The molecule has 1 heterocycles. The van der Waals surface area contributed by atoms with Crippen LogP contribution in [0.3, 0.4) is 0 Å². The second-order valence-electron chi connectivity index (χ2n) is 4.26. The summed E-state index contributed by atoms with van der Waals surface area (Å²) in [6.07, 6.45) is 5.61. The van der Waals surface area contributed by atoms with Gasteiger partial charge < -0.3 is 10.0 Å². The molecule has 1 aromatic rings. The number of aliphatic hydroxyl groups is 1. The van der Waals surface area contributed by atoms with E-state index in [1.807, 2.05) is 18.2 Å². The summed E-state index contributed by atoms with van der Waals surface area (Å²) in [5.74, 6) is 0.903. The van der Waals surface area contributed by atoms with Crippen molar-refractivity contribution in [3.05, 3.63) is 36.5 Å². The maximum atomic E-state index is 9.73. The number of aromatic nitrogens is 1. The molecule has 0 amide bonds. The highest BCUT2D eigenvalue weighted by Crippen LogP contribution is 2.33. The molecule has 0 aromatic carbocycles. The Kier molecular flexibility index (Phi) is 3.25. The van der Waals surface area contributed by atoms with Gasteiger partial charge in [0.2, 0.25) is 0 Å². The van der Waals surface area contributed by atoms with Crippen LogP contribution in [0, 0.1) is 0 Å². The van der Waals surface area contributed by atoms with E-state index in [1.165, 1.54) is 12.8 Å². The standard InChI is InChI=1S/C13H18N2O/c1-3-9-15(11-6-7-11)13-12(10(2)16)5-4-8-14-13/h3-5,8,10-11,16H,1,6-7,9H2,2H3/t10-/m0/s1. The molecule has 1 saturated carbocycles. The Hall–Kier alpha value is -1.35. The number of aliphatic hydroxyl groups excluding tert-OH is 1. The molecular formula is C13H18N2O. The minimum Gasteiger partial charge on any atom is -0.389 e. The predicted octanol–water partition coefficient (Wildman–Crippen LogP) is 2.29. The van der Waals surface area contributed by atoms with Crippen LogP contribution in [0.4, 0.5) is 5.82 Å². The summed E-state index contributed by atoms with van der Waals surface area (Å²) in [6, 6.07) is 4.38. The molecule has 0 unspecified atom stereocenters. The quantitative estimate of drug-likeness (QED) is 0.770. The van der Waals surface area contributed by atoms with E-state index in [9.17, 15) is 5.11 Å². The summed E-state index contributed by atoms with van der Waals surface area (Å²) in [7, 11) is 0. The number of rotatable bonds is 5. The van der Waals surface area contributed by atoms with Gasteiger partial charge in [0.05, 0.1) is 6.10 Å². The Morgan fingerprint density at radius 1 is 1.69 bits per heavy atom. The van der Waals surface area contributed by atoms with Gasteiger partial charge in [0.1, 0.15) is 5.82 Å². The average molecular weight is 218 g/mol. The molecular weight excluding hydrogens is 200 g/mol. The van der Waals surface area contributed by atoms with Gasteiger partial charge >= 0.3 is 0 Å². The summed E-state index contributed by atoms with van der Waals surface area (Å²) in [6.45, 7) is 6.35. The second kappa shape index (κ2) is 4.66. The first kappa shape index (κ1) is 11.1. The van der Waals surface area contributed by atoms with Crippen molar-refractivity contribution in [2.24, 2.45) is 0 Å². The van der Waals surface area contributed by atoms with Gasteiger partial charge in [-0.3, -0.25) is 0 Å². The molecule has 0 radical (unpaired) electrons. The van der Waals surface area contributed by atoms with E-state index in [2.05, 4.69) is 16.5 Å². The van der Waals surface area contributed by atoms with E-state index in [0.29, 0.717) is 6.04 Å². The molecule has 0 spiro atoms. The van der Waals surface area contributed by atoms with E-state index in [1.54, 1.807) is 13.1 Å². The minimum absolute atomic E-state index is 0.477. The van der Waals surface area contributed by atoms with E-state index in [4.69, 9.17) is 0 Å². The van der Waals surface area contributed by atoms with Crippen LogP contribution in [0.5, 0.6) is 0 Å². The predicted molar refractivity (Wildman–Crippen MR) is 65.4 cm³/mol. The number of anilines is 1. The highest BCUT2D eigenvalue weighted by molar-refractivity contribution is 5.50. The molecule has 16 heavy (non-hydrogen) atoms. The maximum absolute atomic E-state index is 9.73. The Balaban J connectivity index is 2.31. The SMILES string of the molecule is C=CCN(c1ncccc1[C@H](C)O)C1CC1. The summed E-state index contributed by atoms with van der Waals surface area (Å²) >= 11 is 0. The van der Waals surface area contributed by atoms with Crippen molar-refractivity contribution in [3.63, 3.8) is 0 Å². The van der Waals surface area contributed by atoms with Crippen molar-refractivity contribution in [2.75, 3.05) is 11.4 Å². The molecule has 3 nitrogen and oxygen atoms in total. The highest BCUT2D eigenvalue weighted by Gasteiger charge is 2.30. The second-order valence-corrected chi connectivity index (χ2v) is 4.26. The largest absolute Gasteiger partial charge is 0.389 e. The normalized spacial score (nSPS) is 16.9. The molecule has 2 rings (SSSR count). The van der Waals surface area contributed by atoms with Gasteiger partial charge in [-0.05, 0) is 25.8 Å². The van der Waals surface area contributed by atoms with Crippen molar-refractivity contribution >= 4 is 5.82 Å². The molecule has 1 fully saturated rings. The smallest absolute Gasteiger partial charge is 0.134 e. The van der Waals surface area contributed by atoms with Crippen LogP contribution in [0.25, 0.3) is 0 Å². The Morgan fingerprint density at radius 3 is 3.00 bits per heavy atom. The lowest BCUT2D eigenvalue weighted by Gasteiger charge is -2.25.